The fraction of sp³-hybridized carbons (Fsp3) is 0.471. The van der Waals surface area contributed by atoms with E-state index in [-0.39, 0.29) is 30.7 Å². The average molecular weight is 436 g/mol. The van der Waals surface area contributed by atoms with Crippen molar-refractivity contribution in [3.05, 3.63) is 34.6 Å². The van der Waals surface area contributed by atoms with Crippen molar-refractivity contribution >= 4 is 53.7 Å². The number of aromatic nitrogens is 3. The molecule has 1 saturated heterocycles. The van der Waals surface area contributed by atoms with E-state index in [1.54, 1.807) is 12.1 Å². The minimum Gasteiger partial charge on any atom is -0.376 e. The van der Waals surface area contributed by atoms with Crippen LogP contribution in [-0.2, 0) is 0 Å². The number of benzene rings is 1. The number of nitrogens with zero attached hydrogens (tertiary/aromatic N) is 4. The molecule has 1 fully saturated rings. The van der Waals surface area contributed by atoms with Crippen LogP contribution < -0.4 is 15.5 Å². The molecule has 0 unspecified atom stereocenters. The van der Waals surface area contributed by atoms with Gasteiger partial charge in [-0.15, -0.1) is 29.9 Å². The van der Waals surface area contributed by atoms with Crippen molar-refractivity contribution in [2.45, 2.75) is 25.8 Å². The molecule has 0 bridgehead atoms. The van der Waals surface area contributed by atoms with Crippen LogP contribution in [0.25, 0.3) is 0 Å². The van der Waals surface area contributed by atoms with Gasteiger partial charge in [-0.2, -0.15) is 0 Å². The van der Waals surface area contributed by atoms with Crippen LogP contribution in [0.2, 0.25) is 5.02 Å². The third-order valence-electron chi connectivity index (χ3n) is 4.49. The molecule has 1 aliphatic rings. The number of halogens is 3. The Kier molecular flexibility index (Phi) is 8.81. The predicted molar refractivity (Wildman–Crippen MR) is 114 cm³/mol. The largest absolute Gasteiger partial charge is 0.376 e. The molecule has 27 heavy (non-hydrogen) atoms. The molecule has 3 rings (SSSR count). The van der Waals surface area contributed by atoms with Gasteiger partial charge in [0.25, 0.3) is 5.91 Å². The van der Waals surface area contributed by atoms with E-state index in [4.69, 9.17) is 11.6 Å². The van der Waals surface area contributed by atoms with E-state index in [9.17, 15) is 4.79 Å². The van der Waals surface area contributed by atoms with Crippen LogP contribution in [0.5, 0.6) is 0 Å². The van der Waals surface area contributed by atoms with Crippen molar-refractivity contribution in [1.29, 1.82) is 0 Å². The first-order valence-corrected chi connectivity index (χ1v) is 8.76. The number of amides is 1. The van der Waals surface area contributed by atoms with E-state index < -0.39 is 0 Å². The van der Waals surface area contributed by atoms with Crippen LogP contribution in [0.15, 0.2) is 18.2 Å². The highest BCUT2D eigenvalue weighted by atomic mass is 35.5. The Balaban J connectivity index is 0.00000182. The van der Waals surface area contributed by atoms with E-state index in [1.165, 1.54) is 0 Å². The molecule has 0 atom stereocenters. The zero-order chi connectivity index (χ0) is 18.0. The second-order valence-corrected chi connectivity index (χ2v) is 6.90. The minimum absolute atomic E-state index is 0. The van der Waals surface area contributed by atoms with Crippen molar-refractivity contribution in [1.82, 2.24) is 20.3 Å². The summed E-state index contributed by atoms with van der Waals surface area (Å²) in [5.74, 6) is -0.275. The molecule has 2 heterocycles. The topological polar surface area (TPSA) is 75.1 Å². The molecule has 1 aromatic heterocycles. The summed E-state index contributed by atoms with van der Waals surface area (Å²) >= 11 is 6.08. The van der Waals surface area contributed by atoms with Gasteiger partial charge < -0.3 is 15.5 Å². The summed E-state index contributed by atoms with van der Waals surface area (Å²) < 4.78 is 1.88. The molecule has 7 nitrogen and oxygen atoms in total. The highest BCUT2D eigenvalue weighted by Gasteiger charge is 2.23. The molecule has 1 aromatic carbocycles. The first kappa shape index (κ1) is 23.5. The van der Waals surface area contributed by atoms with Crippen molar-refractivity contribution < 1.29 is 4.79 Å². The number of piperidine rings is 1. The van der Waals surface area contributed by atoms with E-state index >= 15 is 0 Å². The molecular formula is C17H25Cl3N6O. The Morgan fingerprint density at radius 2 is 1.96 bits per heavy atom. The SMILES string of the molecule is Cc1c(C(=O)Nc2cc(Cl)ccc2N(C)C)nnn1C1CCNCC1.Cl.Cl. The molecule has 0 radical (unpaired) electrons. The van der Waals surface area contributed by atoms with Crippen LogP contribution in [0.3, 0.4) is 0 Å². The standard InChI is InChI=1S/C17H23ClN6O.2ClH/c1-11-16(21-22-24(11)13-6-8-19-9-7-13)17(25)20-14-10-12(18)4-5-15(14)23(2)3;;/h4-5,10,13,19H,6-9H2,1-3H3,(H,20,25);2*1H. The fourth-order valence-electron chi connectivity index (χ4n) is 3.13. The van der Waals surface area contributed by atoms with Crippen LogP contribution in [0.4, 0.5) is 11.4 Å². The second kappa shape index (κ2) is 10.1. The number of rotatable bonds is 4. The zero-order valence-electron chi connectivity index (χ0n) is 15.5. The van der Waals surface area contributed by atoms with Crippen LogP contribution in [-0.4, -0.2) is 48.1 Å². The van der Waals surface area contributed by atoms with Gasteiger partial charge in [0.15, 0.2) is 5.69 Å². The van der Waals surface area contributed by atoms with Gasteiger partial charge in [-0.1, -0.05) is 16.8 Å². The van der Waals surface area contributed by atoms with Gasteiger partial charge in [-0.3, -0.25) is 4.79 Å². The van der Waals surface area contributed by atoms with Crippen LogP contribution in [0, 0.1) is 6.92 Å². The number of carbonyl (C=O) groups is 1. The quantitative estimate of drug-likeness (QED) is 0.770. The van der Waals surface area contributed by atoms with Gasteiger partial charge >= 0.3 is 0 Å². The maximum Gasteiger partial charge on any atom is 0.278 e. The number of anilines is 2. The minimum atomic E-state index is -0.275. The highest BCUT2D eigenvalue weighted by molar-refractivity contribution is 6.31. The third-order valence-corrected chi connectivity index (χ3v) is 4.72. The normalized spacial score (nSPS) is 14.1. The predicted octanol–water partition coefficient (Wildman–Crippen LogP) is 3.33. The first-order chi connectivity index (χ1) is 12.0. The Morgan fingerprint density at radius 1 is 1.30 bits per heavy atom. The number of hydrogen-bond donors (Lipinski definition) is 2. The van der Waals surface area contributed by atoms with E-state index in [0.29, 0.717) is 22.4 Å². The molecule has 2 aromatic rings. The van der Waals surface area contributed by atoms with E-state index in [1.807, 2.05) is 36.7 Å². The van der Waals surface area contributed by atoms with Crippen molar-refractivity contribution in [3.8, 4) is 0 Å². The highest BCUT2D eigenvalue weighted by Crippen LogP contribution is 2.28. The fourth-order valence-corrected chi connectivity index (χ4v) is 3.30. The lowest BCUT2D eigenvalue weighted by Gasteiger charge is -2.23. The zero-order valence-corrected chi connectivity index (χ0v) is 17.9. The Labute approximate surface area is 176 Å². The summed E-state index contributed by atoms with van der Waals surface area (Å²) in [5, 5.41) is 15.1. The van der Waals surface area contributed by atoms with Gasteiger partial charge in [0, 0.05) is 19.1 Å². The van der Waals surface area contributed by atoms with E-state index in [2.05, 4.69) is 20.9 Å². The molecule has 0 spiro atoms. The Morgan fingerprint density at radius 3 is 2.59 bits per heavy atom. The molecule has 10 heteroatoms. The molecule has 150 valence electrons. The van der Waals surface area contributed by atoms with Crippen LogP contribution in [0.1, 0.15) is 35.1 Å². The molecule has 1 amide bonds. The van der Waals surface area contributed by atoms with Gasteiger partial charge in [0.05, 0.1) is 23.1 Å². The maximum atomic E-state index is 12.7. The summed E-state index contributed by atoms with van der Waals surface area (Å²) in [6.07, 6.45) is 1.98. The van der Waals surface area contributed by atoms with E-state index in [0.717, 1.165) is 37.3 Å². The van der Waals surface area contributed by atoms with Crippen molar-refractivity contribution in [2.24, 2.45) is 0 Å². The maximum absolute atomic E-state index is 12.7. The molecule has 1 aliphatic heterocycles. The molecular weight excluding hydrogens is 411 g/mol. The third kappa shape index (κ3) is 5.25. The lowest BCUT2D eigenvalue weighted by Crippen LogP contribution is -2.30. The number of hydrogen-bond acceptors (Lipinski definition) is 5. The summed E-state index contributed by atoms with van der Waals surface area (Å²) in [4.78, 5) is 14.6. The average Bonchev–Trinajstić information content (AvgIpc) is 2.97. The van der Waals surface area contributed by atoms with Crippen molar-refractivity contribution in [3.63, 3.8) is 0 Å². The van der Waals surface area contributed by atoms with Gasteiger partial charge in [0.2, 0.25) is 0 Å². The van der Waals surface area contributed by atoms with Crippen molar-refractivity contribution in [2.75, 3.05) is 37.4 Å². The summed E-state index contributed by atoms with van der Waals surface area (Å²) in [5.41, 5.74) is 2.67. The Hall–Kier alpha value is -1.54. The number of carbonyl (C=O) groups excluding carboxylic acids is 1. The smallest absolute Gasteiger partial charge is 0.278 e. The summed E-state index contributed by atoms with van der Waals surface area (Å²) in [6.45, 7) is 3.81. The molecule has 0 saturated carbocycles. The summed E-state index contributed by atoms with van der Waals surface area (Å²) in [6, 6.07) is 5.70. The van der Waals surface area contributed by atoms with Crippen LogP contribution >= 0.6 is 36.4 Å². The second-order valence-electron chi connectivity index (χ2n) is 6.46. The first-order valence-electron chi connectivity index (χ1n) is 8.38. The Bertz CT molecular complexity index is 774. The van der Waals surface area contributed by atoms with Gasteiger partial charge in [-0.05, 0) is 51.1 Å². The molecule has 2 N–H and O–H groups in total. The summed E-state index contributed by atoms with van der Waals surface area (Å²) in [7, 11) is 3.83. The lowest BCUT2D eigenvalue weighted by molar-refractivity contribution is 0.102. The lowest BCUT2D eigenvalue weighted by atomic mass is 10.1. The monoisotopic (exact) mass is 434 g/mol. The number of nitrogens with one attached hydrogen (secondary N) is 2. The molecule has 0 aliphatic carbocycles. The van der Waals surface area contributed by atoms with Gasteiger partial charge in [-0.25, -0.2) is 4.68 Å². The van der Waals surface area contributed by atoms with Gasteiger partial charge in [0.1, 0.15) is 0 Å².